The fourth-order valence-electron chi connectivity index (χ4n) is 2.63. The Morgan fingerprint density at radius 2 is 1.79 bits per heavy atom. The summed E-state index contributed by atoms with van der Waals surface area (Å²) in [6, 6.07) is 0. The minimum atomic E-state index is 0.0467. The Kier molecular flexibility index (Phi) is 11.2. The maximum absolute atomic E-state index is 11.0. The van der Waals surface area contributed by atoms with Crippen LogP contribution in [-0.2, 0) is 41.6 Å². The molecule has 0 atom stereocenters. The van der Waals surface area contributed by atoms with Crippen molar-refractivity contribution in [2.24, 2.45) is 0 Å². The van der Waals surface area contributed by atoms with Gasteiger partial charge in [0.2, 0.25) is 0 Å². The van der Waals surface area contributed by atoms with Gasteiger partial charge in [0.15, 0.2) is 5.78 Å². The van der Waals surface area contributed by atoms with Crippen LogP contribution in [0.25, 0.3) is 0 Å². The van der Waals surface area contributed by atoms with Gasteiger partial charge in [0.1, 0.15) is 12.2 Å². The van der Waals surface area contributed by atoms with Gasteiger partial charge in [0.25, 0.3) is 0 Å². The van der Waals surface area contributed by atoms with E-state index in [9.17, 15) is 4.79 Å². The Hall–Kier alpha value is -1.43. The SMILES string of the molecule is COCCOCCOCCOC1CN(CCOCc2cn(CC(C)=O)nn2)C1. The molecule has 2 heterocycles. The molecule has 1 aromatic rings. The van der Waals surface area contributed by atoms with E-state index in [1.54, 1.807) is 13.3 Å². The van der Waals surface area contributed by atoms with Crippen LogP contribution >= 0.6 is 0 Å². The summed E-state index contributed by atoms with van der Waals surface area (Å²) in [4.78, 5) is 13.3. The quantitative estimate of drug-likeness (QED) is 0.328. The first kappa shape index (κ1) is 22.9. The van der Waals surface area contributed by atoms with Crippen molar-refractivity contribution in [1.82, 2.24) is 19.9 Å². The highest BCUT2D eigenvalue weighted by atomic mass is 16.6. The lowest BCUT2D eigenvalue weighted by Crippen LogP contribution is -2.53. The van der Waals surface area contributed by atoms with E-state index >= 15 is 0 Å². The van der Waals surface area contributed by atoms with E-state index < -0.39 is 0 Å². The van der Waals surface area contributed by atoms with E-state index in [4.69, 9.17) is 23.7 Å². The first-order valence-corrected chi connectivity index (χ1v) is 9.62. The molecule has 0 unspecified atom stereocenters. The van der Waals surface area contributed by atoms with Gasteiger partial charge in [-0.1, -0.05) is 5.21 Å². The van der Waals surface area contributed by atoms with E-state index in [1.165, 1.54) is 11.6 Å². The predicted octanol–water partition coefficient (Wildman–Crippen LogP) is -0.236. The molecule has 28 heavy (non-hydrogen) atoms. The average molecular weight is 400 g/mol. The van der Waals surface area contributed by atoms with Crippen molar-refractivity contribution in [3.63, 3.8) is 0 Å². The molecule has 0 spiro atoms. The van der Waals surface area contributed by atoms with Gasteiger partial charge >= 0.3 is 0 Å². The lowest BCUT2D eigenvalue weighted by Gasteiger charge is -2.38. The Labute approximate surface area is 166 Å². The largest absolute Gasteiger partial charge is 0.382 e. The second kappa shape index (κ2) is 13.7. The van der Waals surface area contributed by atoms with Crippen molar-refractivity contribution < 1.29 is 28.5 Å². The van der Waals surface area contributed by atoms with E-state index in [0.717, 1.165) is 25.3 Å². The second-order valence-electron chi connectivity index (χ2n) is 6.63. The summed E-state index contributed by atoms with van der Waals surface area (Å²) in [6.45, 7) is 9.01. The topological polar surface area (TPSA) is 97.2 Å². The number of rotatable bonds is 17. The van der Waals surface area contributed by atoms with Gasteiger partial charge in [-0.3, -0.25) is 9.69 Å². The van der Waals surface area contributed by atoms with Crippen molar-refractivity contribution in [2.45, 2.75) is 26.2 Å². The number of hydrogen-bond donors (Lipinski definition) is 0. The van der Waals surface area contributed by atoms with E-state index in [-0.39, 0.29) is 18.4 Å². The van der Waals surface area contributed by atoms with E-state index in [2.05, 4.69) is 15.2 Å². The number of aromatic nitrogens is 3. The molecule has 1 saturated heterocycles. The zero-order chi connectivity index (χ0) is 20.0. The summed E-state index contributed by atoms with van der Waals surface area (Å²) >= 11 is 0. The molecular weight excluding hydrogens is 368 g/mol. The van der Waals surface area contributed by atoms with Crippen LogP contribution in [-0.4, -0.2) is 105 Å². The summed E-state index contributed by atoms with van der Waals surface area (Å²) in [5.41, 5.74) is 0.732. The first-order chi connectivity index (χ1) is 13.7. The predicted molar refractivity (Wildman–Crippen MR) is 100 cm³/mol. The second-order valence-corrected chi connectivity index (χ2v) is 6.63. The molecule has 10 nitrogen and oxygen atoms in total. The zero-order valence-electron chi connectivity index (χ0n) is 16.9. The summed E-state index contributed by atoms with van der Waals surface area (Å²) < 4.78 is 28.5. The van der Waals surface area contributed by atoms with Crippen LogP contribution in [0.4, 0.5) is 0 Å². The Bertz CT molecular complexity index is 550. The number of likely N-dealkylation sites (tertiary alicyclic amines) is 1. The Morgan fingerprint density at radius 3 is 2.50 bits per heavy atom. The average Bonchev–Trinajstić information content (AvgIpc) is 3.06. The summed E-state index contributed by atoms with van der Waals surface area (Å²) in [7, 11) is 1.65. The first-order valence-electron chi connectivity index (χ1n) is 9.62. The van der Waals surface area contributed by atoms with Gasteiger partial charge in [-0.05, 0) is 6.92 Å². The van der Waals surface area contributed by atoms with Crippen LogP contribution in [0.5, 0.6) is 0 Å². The minimum Gasteiger partial charge on any atom is -0.382 e. The van der Waals surface area contributed by atoms with Crippen molar-refractivity contribution in [3.05, 3.63) is 11.9 Å². The Morgan fingerprint density at radius 1 is 1.07 bits per heavy atom. The van der Waals surface area contributed by atoms with Gasteiger partial charge in [-0.2, -0.15) is 0 Å². The molecule has 1 aliphatic rings. The molecule has 0 radical (unpaired) electrons. The highest BCUT2D eigenvalue weighted by molar-refractivity contribution is 5.75. The molecule has 10 heteroatoms. The maximum atomic E-state index is 11.0. The molecule has 2 rings (SSSR count). The fourth-order valence-corrected chi connectivity index (χ4v) is 2.63. The van der Waals surface area contributed by atoms with Crippen LogP contribution < -0.4 is 0 Å². The highest BCUT2D eigenvalue weighted by Gasteiger charge is 2.26. The third-order valence-corrected chi connectivity index (χ3v) is 4.08. The van der Waals surface area contributed by atoms with Crippen molar-refractivity contribution >= 4 is 5.78 Å². The van der Waals surface area contributed by atoms with Crippen molar-refractivity contribution in [2.75, 3.05) is 73.0 Å². The fraction of sp³-hybridized carbons (Fsp3) is 0.833. The number of hydrogen-bond acceptors (Lipinski definition) is 9. The van der Waals surface area contributed by atoms with E-state index in [1.807, 2.05) is 0 Å². The number of carbonyl (C=O) groups excluding carboxylic acids is 1. The maximum Gasteiger partial charge on any atom is 0.151 e. The lowest BCUT2D eigenvalue weighted by atomic mass is 10.2. The molecule has 0 aliphatic carbocycles. The van der Waals surface area contributed by atoms with Crippen molar-refractivity contribution in [1.29, 1.82) is 0 Å². The van der Waals surface area contributed by atoms with Crippen molar-refractivity contribution in [3.8, 4) is 0 Å². The van der Waals surface area contributed by atoms with E-state index in [0.29, 0.717) is 52.9 Å². The molecule has 160 valence electrons. The van der Waals surface area contributed by atoms with Gasteiger partial charge in [0, 0.05) is 26.7 Å². The van der Waals surface area contributed by atoms with Crippen LogP contribution in [0, 0.1) is 0 Å². The monoisotopic (exact) mass is 400 g/mol. The highest BCUT2D eigenvalue weighted by Crippen LogP contribution is 2.11. The van der Waals surface area contributed by atoms with Crippen LogP contribution in [0.15, 0.2) is 6.20 Å². The third-order valence-electron chi connectivity index (χ3n) is 4.08. The van der Waals surface area contributed by atoms with Crippen LogP contribution in [0.3, 0.4) is 0 Å². The molecule has 0 N–H and O–H groups in total. The van der Waals surface area contributed by atoms with Crippen LogP contribution in [0.2, 0.25) is 0 Å². The van der Waals surface area contributed by atoms with Gasteiger partial charge < -0.3 is 23.7 Å². The van der Waals surface area contributed by atoms with Gasteiger partial charge in [0.05, 0.1) is 65.2 Å². The van der Waals surface area contributed by atoms with Crippen LogP contribution in [0.1, 0.15) is 12.6 Å². The summed E-state index contributed by atoms with van der Waals surface area (Å²) in [5, 5.41) is 7.87. The molecule has 1 aliphatic heterocycles. The number of nitrogens with zero attached hydrogens (tertiary/aromatic N) is 4. The number of carbonyl (C=O) groups is 1. The lowest BCUT2D eigenvalue weighted by molar-refractivity contribution is -0.117. The third kappa shape index (κ3) is 9.67. The molecule has 1 aromatic heterocycles. The van der Waals surface area contributed by atoms with Gasteiger partial charge in [-0.15, -0.1) is 5.10 Å². The molecule has 0 amide bonds. The minimum absolute atomic E-state index is 0.0467. The number of methoxy groups -OCH3 is 1. The molecular formula is C18H32N4O6. The molecule has 0 saturated carbocycles. The normalized spacial score (nSPS) is 15.1. The standard InChI is InChI=1S/C18H32N4O6/c1-16(23)11-22-12-17(19-20-22)15-27-4-3-21-13-18(14-21)28-10-9-26-8-7-25-6-5-24-2/h12,18H,3-11,13-15H2,1-2H3. The molecule has 0 aromatic carbocycles. The zero-order valence-corrected chi connectivity index (χ0v) is 16.9. The van der Waals surface area contributed by atoms with Gasteiger partial charge in [-0.25, -0.2) is 4.68 Å². The Balaban J connectivity index is 1.37. The summed E-state index contributed by atoms with van der Waals surface area (Å²) in [5.74, 6) is 0.0467. The smallest absolute Gasteiger partial charge is 0.151 e. The number of ether oxygens (including phenoxy) is 5. The number of Topliss-reactive ketones (excluding diaryl/α,β-unsaturated/α-hetero) is 1. The summed E-state index contributed by atoms with van der Waals surface area (Å²) in [6.07, 6.45) is 2.01. The number of ketones is 1. The molecule has 1 fully saturated rings. The molecule has 0 bridgehead atoms.